The van der Waals surface area contributed by atoms with Crippen LogP contribution < -0.4 is 5.32 Å². The fraction of sp³-hybridized carbons (Fsp3) is 0.217. The van der Waals surface area contributed by atoms with Crippen molar-refractivity contribution in [3.05, 3.63) is 87.1 Å². The zero-order valence-corrected chi connectivity index (χ0v) is 18.2. The summed E-state index contributed by atoms with van der Waals surface area (Å²) in [6, 6.07) is 21.0. The van der Waals surface area contributed by atoms with Gasteiger partial charge in [-0.25, -0.2) is 4.98 Å². The van der Waals surface area contributed by atoms with E-state index in [9.17, 15) is 4.79 Å². The average Bonchev–Trinajstić information content (AvgIpc) is 3.38. The van der Waals surface area contributed by atoms with Crippen LogP contribution in [0.1, 0.15) is 27.1 Å². The molecule has 0 spiro atoms. The van der Waals surface area contributed by atoms with E-state index in [1.165, 1.54) is 16.0 Å². The number of likely N-dealkylation sites (N-methyl/N-ethyl adjacent to an activating group) is 1. The van der Waals surface area contributed by atoms with Crippen molar-refractivity contribution in [1.29, 1.82) is 0 Å². The molecule has 4 nitrogen and oxygen atoms in total. The van der Waals surface area contributed by atoms with Crippen molar-refractivity contribution in [1.82, 2.24) is 9.88 Å². The second kappa shape index (κ2) is 8.86. The summed E-state index contributed by atoms with van der Waals surface area (Å²) >= 11 is 3.38. The van der Waals surface area contributed by atoms with Gasteiger partial charge < -0.3 is 10.2 Å². The number of rotatable bonds is 7. The monoisotopic (exact) mass is 422 g/mol. The van der Waals surface area contributed by atoms with Gasteiger partial charge in [0.05, 0.1) is 21.6 Å². The van der Waals surface area contributed by atoms with Crippen molar-refractivity contribution in [2.75, 3.05) is 13.6 Å². The van der Waals surface area contributed by atoms with E-state index in [2.05, 4.69) is 65.1 Å². The number of para-hydroxylation sites is 1. The van der Waals surface area contributed by atoms with Gasteiger partial charge in [0.15, 0.2) is 6.54 Å². The minimum Gasteiger partial charge on any atom is -0.334 e. The number of carbonyl (C=O) groups is 1. The van der Waals surface area contributed by atoms with Gasteiger partial charge in [0.1, 0.15) is 11.0 Å². The minimum absolute atomic E-state index is 0.109. The number of benzene rings is 2. The van der Waals surface area contributed by atoms with Crippen LogP contribution in [-0.2, 0) is 11.3 Å². The SMILES string of the molecule is Cc1ccc([C@@H]([NH2+]CC(=O)N(C)Cc2nc3ccccc3s2)c2cccs2)cc1. The summed E-state index contributed by atoms with van der Waals surface area (Å²) in [6.07, 6.45) is 0. The normalized spacial score (nSPS) is 12.2. The topological polar surface area (TPSA) is 49.8 Å². The predicted octanol–water partition coefficient (Wildman–Crippen LogP) is 3.98. The van der Waals surface area contributed by atoms with Crippen molar-refractivity contribution in [3.63, 3.8) is 0 Å². The number of thiazole rings is 1. The number of fused-ring (bicyclic) bond motifs is 1. The maximum absolute atomic E-state index is 12.8. The number of thiophene rings is 1. The van der Waals surface area contributed by atoms with Gasteiger partial charge in [-0.15, -0.1) is 22.7 Å². The molecule has 0 radical (unpaired) electrons. The van der Waals surface area contributed by atoms with Gasteiger partial charge in [0, 0.05) is 12.6 Å². The summed E-state index contributed by atoms with van der Waals surface area (Å²) in [6.45, 7) is 3.03. The maximum Gasteiger partial charge on any atom is 0.277 e. The lowest BCUT2D eigenvalue weighted by Gasteiger charge is -2.18. The first kappa shape index (κ1) is 19.8. The first-order valence-electron chi connectivity index (χ1n) is 9.62. The Bertz CT molecular complexity index is 1050. The lowest BCUT2D eigenvalue weighted by atomic mass is 10.0. The van der Waals surface area contributed by atoms with Gasteiger partial charge in [-0.05, 0) is 30.5 Å². The molecule has 0 bridgehead atoms. The van der Waals surface area contributed by atoms with E-state index >= 15 is 0 Å². The minimum atomic E-state index is 0.109. The third kappa shape index (κ3) is 4.72. The summed E-state index contributed by atoms with van der Waals surface area (Å²) in [5.41, 5.74) is 3.46. The molecule has 0 aliphatic rings. The number of hydrogen-bond acceptors (Lipinski definition) is 4. The number of quaternary nitrogens is 1. The molecule has 148 valence electrons. The third-order valence-electron chi connectivity index (χ3n) is 4.95. The van der Waals surface area contributed by atoms with Crippen molar-refractivity contribution >= 4 is 38.8 Å². The summed E-state index contributed by atoms with van der Waals surface area (Å²) < 4.78 is 1.16. The summed E-state index contributed by atoms with van der Waals surface area (Å²) in [5.74, 6) is 0.109. The molecule has 6 heteroatoms. The second-order valence-corrected chi connectivity index (χ2v) is 9.26. The number of aromatic nitrogens is 1. The molecule has 4 aromatic rings. The smallest absolute Gasteiger partial charge is 0.277 e. The Balaban J connectivity index is 1.42. The first-order valence-corrected chi connectivity index (χ1v) is 11.3. The fourth-order valence-corrected chi connectivity index (χ4v) is 5.18. The van der Waals surface area contributed by atoms with Crippen LogP contribution in [0.2, 0.25) is 0 Å². The van der Waals surface area contributed by atoms with Crippen molar-refractivity contribution < 1.29 is 10.1 Å². The Morgan fingerprint density at radius 1 is 1.10 bits per heavy atom. The van der Waals surface area contributed by atoms with Crippen LogP contribution in [-0.4, -0.2) is 29.4 Å². The van der Waals surface area contributed by atoms with Crippen LogP contribution in [0.3, 0.4) is 0 Å². The van der Waals surface area contributed by atoms with Crippen molar-refractivity contribution in [3.8, 4) is 0 Å². The molecule has 0 aliphatic carbocycles. The van der Waals surface area contributed by atoms with Crippen LogP contribution in [0.25, 0.3) is 10.2 Å². The molecule has 0 aliphatic heterocycles. The Labute approximate surface area is 178 Å². The number of aryl methyl sites for hydroxylation is 1. The van der Waals surface area contributed by atoms with Gasteiger partial charge in [-0.1, -0.05) is 48.0 Å². The van der Waals surface area contributed by atoms with Crippen molar-refractivity contribution in [2.24, 2.45) is 0 Å². The highest BCUT2D eigenvalue weighted by molar-refractivity contribution is 7.18. The zero-order valence-electron chi connectivity index (χ0n) is 16.5. The molecular weight excluding hydrogens is 398 g/mol. The number of nitrogens with two attached hydrogens (primary N) is 1. The lowest BCUT2D eigenvalue weighted by molar-refractivity contribution is -0.676. The van der Waals surface area contributed by atoms with Gasteiger partial charge >= 0.3 is 0 Å². The lowest BCUT2D eigenvalue weighted by Crippen LogP contribution is -2.87. The molecule has 29 heavy (non-hydrogen) atoms. The van der Waals surface area contributed by atoms with E-state index in [-0.39, 0.29) is 11.9 Å². The van der Waals surface area contributed by atoms with E-state index in [0.29, 0.717) is 13.1 Å². The molecule has 0 unspecified atom stereocenters. The third-order valence-corrected chi connectivity index (χ3v) is 6.93. The van der Waals surface area contributed by atoms with Crippen LogP contribution >= 0.6 is 22.7 Å². The van der Waals surface area contributed by atoms with E-state index in [4.69, 9.17) is 0 Å². The molecule has 0 saturated carbocycles. The van der Waals surface area contributed by atoms with Crippen LogP contribution in [0, 0.1) is 6.92 Å². The van der Waals surface area contributed by atoms with E-state index < -0.39 is 0 Å². The summed E-state index contributed by atoms with van der Waals surface area (Å²) in [4.78, 5) is 20.5. The second-order valence-electron chi connectivity index (χ2n) is 7.17. The number of carbonyl (C=O) groups excluding carboxylic acids is 1. The highest BCUT2D eigenvalue weighted by Crippen LogP contribution is 2.24. The standard InChI is InChI=1S/C23H23N3OS2/c1-16-9-11-17(12-10-16)23(20-8-5-13-28-20)24-14-22(27)26(2)15-21-25-18-6-3-4-7-19(18)29-21/h3-13,23-24H,14-15H2,1-2H3/p+1/t23-/m1/s1. The maximum atomic E-state index is 12.8. The number of amides is 1. The molecular formula is C23H24N3OS2+. The zero-order chi connectivity index (χ0) is 20.2. The quantitative estimate of drug-likeness (QED) is 0.490. The van der Waals surface area contributed by atoms with Gasteiger partial charge in [0.2, 0.25) is 0 Å². The Morgan fingerprint density at radius 2 is 1.90 bits per heavy atom. The van der Waals surface area contributed by atoms with Crippen LogP contribution in [0.5, 0.6) is 0 Å². The Hall–Kier alpha value is -2.54. The average molecular weight is 423 g/mol. The van der Waals surface area contributed by atoms with E-state index in [1.807, 2.05) is 25.2 Å². The molecule has 2 N–H and O–H groups in total. The van der Waals surface area contributed by atoms with Crippen LogP contribution in [0.4, 0.5) is 0 Å². The highest BCUT2D eigenvalue weighted by Gasteiger charge is 2.21. The number of nitrogens with zero attached hydrogens (tertiary/aromatic N) is 2. The van der Waals surface area contributed by atoms with Crippen LogP contribution in [0.15, 0.2) is 66.0 Å². The van der Waals surface area contributed by atoms with E-state index in [0.717, 1.165) is 15.2 Å². The largest absolute Gasteiger partial charge is 0.334 e. The summed E-state index contributed by atoms with van der Waals surface area (Å²) in [7, 11) is 1.86. The molecule has 1 atom stereocenters. The molecule has 2 aromatic heterocycles. The fourth-order valence-electron chi connectivity index (χ4n) is 3.31. The molecule has 2 aromatic carbocycles. The molecule has 0 fully saturated rings. The van der Waals surface area contributed by atoms with Crippen molar-refractivity contribution in [2.45, 2.75) is 19.5 Å². The Morgan fingerprint density at radius 3 is 2.62 bits per heavy atom. The molecule has 1 amide bonds. The van der Waals surface area contributed by atoms with Gasteiger partial charge in [-0.3, -0.25) is 4.79 Å². The van der Waals surface area contributed by atoms with Gasteiger partial charge in [0.25, 0.3) is 5.91 Å². The van der Waals surface area contributed by atoms with Gasteiger partial charge in [-0.2, -0.15) is 0 Å². The van der Waals surface area contributed by atoms with E-state index in [1.54, 1.807) is 27.6 Å². The first-order chi connectivity index (χ1) is 14.1. The molecule has 4 rings (SSSR count). The highest BCUT2D eigenvalue weighted by atomic mass is 32.1. The molecule has 0 saturated heterocycles. The Kier molecular flexibility index (Phi) is 6.04. The number of hydrogen-bond donors (Lipinski definition) is 1. The summed E-state index contributed by atoms with van der Waals surface area (Å²) in [5, 5.41) is 5.19. The molecule has 2 heterocycles. The predicted molar refractivity (Wildman–Crippen MR) is 120 cm³/mol.